The first-order valence-electron chi connectivity index (χ1n) is 9.83. The molecule has 2 amide bonds. The fourth-order valence-corrected chi connectivity index (χ4v) is 2.70. The van der Waals surface area contributed by atoms with Crippen molar-refractivity contribution >= 4 is 12.2 Å². The summed E-state index contributed by atoms with van der Waals surface area (Å²) in [5.41, 5.74) is -0.577. The lowest BCUT2D eigenvalue weighted by molar-refractivity contribution is 0.0361. The molecule has 1 fully saturated rings. The number of hydrogen-bond acceptors (Lipinski definition) is 8. The van der Waals surface area contributed by atoms with Gasteiger partial charge >= 0.3 is 12.2 Å². The molecule has 1 N–H and O–H groups in total. The van der Waals surface area contributed by atoms with E-state index in [0.717, 1.165) is 39.3 Å². The Morgan fingerprint density at radius 2 is 2.00 bits per heavy atom. The summed E-state index contributed by atoms with van der Waals surface area (Å²) in [4.78, 5) is 36.1. The Morgan fingerprint density at radius 3 is 2.66 bits per heavy atom. The number of morpholine rings is 1. The second-order valence-electron chi connectivity index (χ2n) is 7.63. The smallest absolute Gasteiger partial charge is 0.416 e. The zero-order valence-corrected chi connectivity index (χ0v) is 17.4. The van der Waals surface area contributed by atoms with Crippen molar-refractivity contribution in [2.24, 2.45) is 0 Å². The number of aromatic nitrogens is 2. The third kappa shape index (κ3) is 9.53. The Hall–Kier alpha value is -2.46. The maximum atomic E-state index is 12.6. The van der Waals surface area contributed by atoms with E-state index < -0.39 is 17.8 Å². The summed E-state index contributed by atoms with van der Waals surface area (Å²) in [6.45, 7) is 10.5. The average Bonchev–Trinajstić information content (AvgIpc) is 2.67. The van der Waals surface area contributed by atoms with Gasteiger partial charge in [0, 0.05) is 51.7 Å². The van der Waals surface area contributed by atoms with Gasteiger partial charge in [0.15, 0.2) is 0 Å². The van der Waals surface area contributed by atoms with Crippen LogP contribution in [0.5, 0.6) is 5.88 Å². The molecule has 1 aliphatic heterocycles. The number of nitrogens with zero attached hydrogens (tertiary/aromatic N) is 4. The standard InChI is InChI=1S/C19H31N5O5/c1-19(2,3)29-17(25)22-7-10-24(9-4-8-23-11-13-27-14-12-23)18(26)28-16-15-20-5-6-21-16/h5-6,15H,4,7-14H2,1-3H3,(H,22,25). The molecule has 10 nitrogen and oxygen atoms in total. The minimum atomic E-state index is -0.577. The lowest BCUT2D eigenvalue weighted by atomic mass is 10.2. The number of hydrogen-bond donors (Lipinski definition) is 1. The number of alkyl carbamates (subject to hydrolysis) is 1. The van der Waals surface area contributed by atoms with Crippen LogP contribution in [0.4, 0.5) is 9.59 Å². The number of ether oxygens (including phenoxy) is 3. The molecule has 2 rings (SSSR count). The van der Waals surface area contributed by atoms with Gasteiger partial charge in [-0.05, 0) is 27.2 Å². The van der Waals surface area contributed by atoms with Gasteiger partial charge in [0.05, 0.1) is 19.4 Å². The van der Waals surface area contributed by atoms with Gasteiger partial charge in [0.25, 0.3) is 0 Å². The first kappa shape index (κ1) is 22.8. The Morgan fingerprint density at radius 1 is 1.24 bits per heavy atom. The van der Waals surface area contributed by atoms with Crippen molar-refractivity contribution in [3.63, 3.8) is 0 Å². The average molecular weight is 409 g/mol. The fraction of sp³-hybridized carbons (Fsp3) is 0.684. The lowest BCUT2D eigenvalue weighted by Crippen LogP contribution is -2.43. The van der Waals surface area contributed by atoms with E-state index >= 15 is 0 Å². The van der Waals surface area contributed by atoms with Crippen molar-refractivity contribution in [3.8, 4) is 5.88 Å². The molecule has 0 radical (unpaired) electrons. The van der Waals surface area contributed by atoms with Crippen LogP contribution in [0.25, 0.3) is 0 Å². The molecule has 1 saturated heterocycles. The van der Waals surface area contributed by atoms with E-state index in [9.17, 15) is 9.59 Å². The Balaban J connectivity index is 1.83. The molecule has 0 atom stereocenters. The van der Waals surface area contributed by atoms with E-state index in [2.05, 4.69) is 20.2 Å². The van der Waals surface area contributed by atoms with Gasteiger partial charge in [-0.2, -0.15) is 0 Å². The van der Waals surface area contributed by atoms with E-state index in [-0.39, 0.29) is 12.4 Å². The summed E-state index contributed by atoms with van der Waals surface area (Å²) >= 11 is 0. The van der Waals surface area contributed by atoms with Crippen LogP contribution in [-0.4, -0.2) is 90.0 Å². The molecule has 0 spiro atoms. The van der Waals surface area contributed by atoms with E-state index in [1.807, 2.05) is 0 Å². The van der Waals surface area contributed by atoms with Crippen LogP contribution >= 0.6 is 0 Å². The summed E-state index contributed by atoms with van der Waals surface area (Å²) in [6, 6.07) is 0. The monoisotopic (exact) mass is 409 g/mol. The summed E-state index contributed by atoms with van der Waals surface area (Å²) < 4.78 is 15.9. The first-order valence-corrected chi connectivity index (χ1v) is 9.83. The summed E-state index contributed by atoms with van der Waals surface area (Å²) in [7, 11) is 0. The van der Waals surface area contributed by atoms with Gasteiger partial charge < -0.3 is 24.4 Å². The highest BCUT2D eigenvalue weighted by molar-refractivity contribution is 5.70. The van der Waals surface area contributed by atoms with E-state index in [4.69, 9.17) is 14.2 Å². The normalized spacial score (nSPS) is 14.9. The Kier molecular flexibility index (Phi) is 9.07. The van der Waals surface area contributed by atoms with Crippen molar-refractivity contribution in [1.29, 1.82) is 0 Å². The molecule has 10 heteroatoms. The van der Waals surface area contributed by atoms with Crippen LogP contribution < -0.4 is 10.1 Å². The van der Waals surface area contributed by atoms with Gasteiger partial charge in [0.1, 0.15) is 5.60 Å². The molecule has 162 valence electrons. The Labute approximate surface area is 171 Å². The molecule has 1 aromatic heterocycles. The summed E-state index contributed by atoms with van der Waals surface area (Å²) in [5.74, 6) is 0.135. The maximum absolute atomic E-state index is 12.6. The zero-order valence-electron chi connectivity index (χ0n) is 17.4. The number of rotatable bonds is 8. The minimum Gasteiger partial charge on any atom is -0.444 e. The van der Waals surface area contributed by atoms with Gasteiger partial charge in [0.2, 0.25) is 5.88 Å². The Bertz CT molecular complexity index is 632. The van der Waals surface area contributed by atoms with Gasteiger partial charge in [-0.3, -0.25) is 9.88 Å². The van der Waals surface area contributed by atoms with Crippen molar-refractivity contribution in [2.45, 2.75) is 32.8 Å². The quantitative estimate of drug-likeness (QED) is 0.689. The number of nitrogens with one attached hydrogen (secondary N) is 1. The molecule has 1 aliphatic rings. The predicted octanol–water partition coefficient (Wildman–Crippen LogP) is 1.52. The first-order chi connectivity index (χ1) is 13.8. The molecule has 0 bridgehead atoms. The second kappa shape index (κ2) is 11.5. The largest absolute Gasteiger partial charge is 0.444 e. The zero-order chi connectivity index (χ0) is 21.1. The molecule has 1 aromatic rings. The van der Waals surface area contributed by atoms with Gasteiger partial charge in [-0.15, -0.1) is 0 Å². The van der Waals surface area contributed by atoms with Gasteiger partial charge in [-0.1, -0.05) is 0 Å². The number of amides is 2. The van der Waals surface area contributed by atoms with Crippen molar-refractivity contribution < 1.29 is 23.8 Å². The molecule has 2 heterocycles. The summed E-state index contributed by atoms with van der Waals surface area (Å²) in [5, 5.41) is 2.66. The van der Waals surface area contributed by atoms with Crippen LogP contribution in [-0.2, 0) is 9.47 Å². The van der Waals surface area contributed by atoms with Crippen molar-refractivity contribution in [3.05, 3.63) is 18.6 Å². The molecule has 29 heavy (non-hydrogen) atoms. The lowest BCUT2D eigenvalue weighted by Gasteiger charge is -2.28. The third-order valence-electron chi connectivity index (χ3n) is 4.05. The highest BCUT2D eigenvalue weighted by Gasteiger charge is 2.19. The van der Waals surface area contributed by atoms with Crippen LogP contribution in [0.3, 0.4) is 0 Å². The maximum Gasteiger partial charge on any atom is 0.416 e. The topological polar surface area (TPSA) is 106 Å². The number of carbonyl (C=O) groups is 2. The number of carbonyl (C=O) groups excluding carboxylic acids is 2. The van der Waals surface area contributed by atoms with Crippen molar-refractivity contribution in [1.82, 2.24) is 25.1 Å². The predicted molar refractivity (Wildman–Crippen MR) is 106 cm³/mol. The molecule has 0 aliphatic carbocycles. The van der Waals surface area contributed by atoms with E-state index in [1.54, 1.807) is 25.7 Å². The molecular weight excluding hydrogens is 378 g/mol. The molecule has 0 saturated carbocycles. The van der Waals surface area contributed by atoms with Crippen LogP contribution in [0.1, 0.15) is 27.2 Å². The SMILES string of the molecule is CC(C)(C)OC(=O)NCCN(CCCN1CCOCC1)C(=O)Oc1cnccn1. The van der Waals surface area contributed by atoms with E-state index in [1.165, 1.54) is 18.6 Å². The summed E-state index contributed by atoms with van der Waals surface area (Å²) in [6.07, 6.45) is 4.06. The third-order valence-corrected chi connectivity index (χ3v) is 4.05. The van der Waals surface area contributed by atoms with E-state index in [0.29, 0.717) is 13.1 Å². The molecular formula is C19H31N5O5. The second-order valence-corrected chi connectivity index (χ2v) is 7.63. The minimum absolute atomic E-state index is 0.135. The van der Waals surface area contributed by atoms with Crippen LogP contribution in [0, 0.1) is 0 Å². The van der Waals surface area contributed by atoms with Crippen LogP contribution in [0.15, 0.2) is 18.6 Å². The van der Waals surface area contributed by atoms with Crippen LogP contribution in [0.2, 0.25) is 0 Å². The fourth-order valence-electron chi connectivity index (χ4n) is 2.70. The molecule has 0 unspecified atom stereocenters. The highest BCUT2D eigenvalue weighted by atomic mass is 16.6. The van der Waals surface area contributed by atoms with Crippen molar-refractivity contribution in [2.75, 3.05) is 52.5 Å². The highest BCUT2D eigenvalue weighted by Crippen LogP contribution is 2.07. The molecule has 0 aromatic carbocycles. The van der Waals surface area contributed by atoms with Gasteiger partial charge in [-0.25, -0.2) is 14.6 Å².